The molecule has 0 aliphatic heterocycles. The molecule has 0 bridgehead atoms. The van der Waals surface area contributed by atoms with Gasteiger partial charge in [-0.3, -0.25) is 0 Å². The zero-order chi connectivity index (χ0) is 14.9. The number of thioether (sulfide) groups is 1. The molecule has 3 N–H and O–H groups in total. The van der Waals surface area contributed by atoms with E-state index in [0.29, 0.717) is 5.92 Å². The number of aliphatic hydroxyl groups is 1. The van der Waals surface area contributed by atoms with E-state index in [1.54, 1.807) is 11.8 Å². The van der Waals surface area contributed by atoms with Crippen molar-refractivity contribution in [3.8, 4) is 0 Å². The van der Waals surface area contributed by atoms with E-state index in [9.17, 15) is 5.11 Å². The van der Waals surface area contributed by atoms with Crippen molar-refractivity contribution in [2.24, 2.45) is 0 Å². The van der Waals surface area contributed by atoms with Crippen LogP contribution in [0.2, 0.25) is 0 Å². The van der Waals surface area contributed by atoms with Gasteiger partial charge in [-0.2, -0.15) is 11.8 Å². The number of aliphatic hydroxyl groups excluding tert-OH is 1. The first-order chi connectivity index (χ1) is 9.49. The van der Waals surface area contributed by atoms with Gasteiger partial charge in [0.25, 0.3) is 0 Å². The third-order valence-electron chi connectivity index (χ3n) is 3.69. The number of nitrogens with two attached hydrogens (primary N) is 1. The molecule has 0 fully saturated rings. The Bertz CT molecular complexity index is 590. The van der Waals surface area contributed by atoms with Crippen LogP contribution in [-0.4, -0.2) is 32.8 Å². The van der Waals surface area contributed by atoms with E-state index in [-0.39, 0.29) is 17.9 Å². The predicted octanol–water partition coefficient (Wildman–Crippen LogP) is 3.03. The van der Waals surface area contributed by atoms with Gasteiger partial charge in [-0.25, -0.2) is 4.98 Å². The molecule has 0 amide bonds. The standard InChI is InChI=1S/C15H23N3OS/c1-9(2)15-17-12-7-11(16)5-6-13(12)18(15)10(3)14(8-19)20-4/h5-7,9-10,14,19H,8,16H2,1-4H3. The van der Waals surface area contributed by atoms with Gasteiger partial charge in [-0.15, -0.1) is 0 Å². The van der Waals surface area contributed by atoms with Crippen LogP contribution in [0.4, 0.5) is 5.69 Å². The highest BCUT2D eigenvalue weighted by Gasteiger charge is 2.23. The van der Waals surface area contributed by atoms with E-state index in [0.717, 1.165) is 22.5 Å². The highest BCUT2D eigenvalue weighted by molar-refractivity contribution is 7.99. The predicted molar refractivity (Wildman–Crippen MR) is 87.3 cm³/mol. The molecule has 2 unspecified atom stereocenters. The summed E-state index contributed by atoms with van der Waals surface area (Å²) in [5.74, 6) is 1.37. The molecular formula is C15H23N3OS. The molecule has 2 atom stereocenters. The first-order valence-electron chi connectivity index (χ1n) is 6.90. The Kier molecular flexibility index (Phi) is 4.60. The number of anilines is 1. The van der Waals surface area contributed by atoms with Crippen LogP contribution in [0.1, 0.15) is 38.6 Å². The SMILES string of the molecule is CSC(CO)C(C)n1c(C(C)C)nc2cc(N)ccc21. The number of rotatable bonds is 5. The van der Waals surface area contributed by atoms with E-state index >= 15 is 0 Å². The van der Waals surface area contributed by atoms with Crippen molar-refractivity contribution in [1.82, 2.24) is 9.55 Å². The Hall–Kier alpha value is -1.20. The van der Waals surface area contributed by atoms with Gasteiger partial charge in [0.05, 0.1) is 17.6 Å². The molecule has 0 spiro atoms. The quantitative estimate of drug-likeness (QED) is 0.832. The molecule has 5 heteroatoms. The molecule has 1 aromatic heterocycles. The smallest absolute Gasteiger partial charge is 0.112 e. The number of aromatic nitrogens is 2. The molecule has 2 rings (SSSR count). The average Bonchev–Trinajstić information content (AvgIpc) is 2.78. The molecule has 110 valence electrons. The zero-order valence-corrected chi connectivity index (χ0v) is 13.3. The molecule has 0 saturated heterocycles. The molecule has 0 aliphatic carbocycles. The summed E-state index contributed by atoms with van der Waals surface area (Å²) in [4.78, 5) is 4.74. The van der Waals surface area contributed by atoms with Gasteiger partial charge in [0.1, 0.15) is 5.82 Å². The van der Waals surface area contributed by atoms with Crippen molar-refractivity contribution < 1.29 is 5.11 Å². The third kappa shape index (κ3) is 2.65. The van der Waals surface area contributed by atoms with Gasteiger partial charge >= 0.3 is 0 Å². The topological polar surface area (TPSA) is 64.1 Å². The summed E-state index contributed by atoms with van der Waals surface area (Å²) < 4.78 is 2.25. The van der Waals surface area contributed by atoms with Gasteiger partial charge in [0, 0.05) is 22.9 Å². The Morgan fingerprint density at radius 2 is 2.05 bits per heavy atom. The first kappa shape index (κ1) is 15.2. The van der Waals surface area contributed by atoms with Gasteiger partial charge in [-0.05, 0) is 31.4 Å². The molecule has 1 heterocycles. The van der Waals surface area contributed by atoms with Crippen molar-refractivity contribution in [3.05, 3.63) is 24.0 Å². The van der Waals surface area contributed by atoms with E-state index in [4.69, 9.17) is 10.7 Å². The Morgan fingerprint density at radius 1 is 1.35 bits per heavy atom. The summed E-state index contributed by atoms with van der Waals surface area (Å²) in [6.45, 7) is 6.58. The molecule has 0 radical (unpaired) electrons. The molecular weight excluding hydrogens is 270 g/mol. The van der Waals surface area contributed by atoms with Crippen molar-refractivity contribution in [1.29, 1.82) is 0 Å². The molecule has 1 aromatic carbocycles. The minimum Gasteiger partial charge on any atom is -0.399 e. The summed E-state index contributed by atoms with van der Waals surface area (Å²) >= 11 is 1.69. The van der Waals surface area contributed by atoms with Crippen LogP contribution in [-0.2, 0) is 0 Å². The average molecular weight is 293 g/mol. The number of imidazole rings is 1. The number of hydrogen-bond acceptors (Lipinski definition) is 4. The van der Waals surface area contributed by atoms with Crippen molar-refractivity contribution in [3.63, 3.8) is 0 Å². The molecule has 2 aromatic rings. The second-order valence-electron chi connectivity index (χ2n) is 5.44. The lowest BCUT2D eigenvalue weighted by atomic mass is 10.1. The largest absolute Gasteiger partial charge is 0.399 e. The van der Waals surface area contributed by atoms with Crippen LogP contribution < -0.4 is 5.73 Å². The fraction of sp³-hybridized carbons (Fsp3) is 0.533. The minimum atomic E-state index is 0.155. The van der Waals surface area contributed by atoms with Crippen LogP contribution in [0.3, 0.4) is 0 Å². The van der Waals surface area contributed by atoms with Crippen LogP contribution in [0.25, 0.3) is 11.0 Å². The Labute approximate surface area is 124 Å². The lowest BCUT2D eigenvalue weighted by Gasteiger charge is -2.25. The Morgan fingerprint density at radius 3 is 2.60 bits per heavy atom. The maximum absolute atomic E-state index is 9.57. The van der Waals surface area contributed by atoms with Crippen molar-refractivity contribution in [2.75, 3.05) is 18.6 Å². The number of benzene rings is 1. The monoisotopic (exact) mass is 293 g/mol. The van der Waals surface area contributed by atoms with Crippen molar-refractivity contribution >= 4 is 28.5 Å². The maximum atomic E-state index is 9.57. The van der Waals surface area contributed by atoms with E-state index in [2.05, 4.69) is 25.3 Å². The van der Waals surface area contributed by atoms with Crippen LogP contribution in [0.15, 0.2) is 18.2 Å². The minimum absolute atomic E-state index is 0.155. The molecule has 20 heavy (non-hydrogen) atoms. The summed E-state index contributed by atoms with van der Waals surface area (Å²) in [5.41, 5.74) is 8.60. The van der Waals surface area contributed by atoms with Gasteiger partial charge in [-0.1, -0.05) is 13.8 Å². The second-order valence-corrected chi connectivity index (χ2v) is 6.52. The number of fused-ring (bicyclic) bond motifs is 1. The van der Waals surface area contributed by atoms with Gasteiger partial charge < -0.3 is 15.4 Å². The highest BCUT2D eigenvalue weighted by atomic mass is 32.2. The summed E-state index contributed by atoms with van der Waals surface area (Å²) in [7, 11) is 0. The number of nitrogen functional groups attached to an aromatic ring is 1. The van der Waals surface area contributed by atoms with Gasteiger partial charge in [0.15, 0.2) is 0 Å². The van der Waals surface area contributed by atoms with Crippen LogP contribution >= 0.6 is 11.8 Å². The van der Waals surface area contributed by atoms with E-state index in [1.165, 1.54) is 0 Å². The molecule has 4 nitrogen and oxygen atoms in total. The van der Waals surface area contributed by atoms with E-state index < -0.39 is 0 Å². The highest BCUT2D eigenvalue weighted by Crippen LogP contribution is 2.31. The molecule has 0 saturated carbocycles. The number of nitrogens with zero attached hydrogens (tertiary/aromatic N) is 2. The van der Waals surface area contributed by atoms with Crippen molar-refractivity contribution in [2.45, 2.75) is 38.0 Å². The third-order valence-corrected chi connectivity index (χ3v) is 4.83. The first-order valence-corrected chi connectivity index (χ1v) is 8.19. The summed E-state index contributed by atoms with van der Waals surface area (Å²) in [5, 5.41) is 9.72. The lowest BCUT2D eigenvalue weighted by Crippen LogP contribution is -2.24. The molecule has 0 aliphatic rings. The fourth-order valence-electron chi connectivity index (χ4n) is 2.56. The zero-order valence-electron chi connectivity index (χ0n) is 12.5. The maximum Gasteiger partial charge on any atom is 0.112 e. The summed E-state index contributed by atoms with van der Waals surface area (Å²) in [6, 6.07) is 6.03. The van der Waals surface area contributed by atoms with E-state index in [1.807, 2.05) is 24.5 Å². The summed E-state index contributed by atoms with van der Waals surface area (Å²) in [6.07, 6.45) is 2.03. The normalized spacial score (nSPS) is 14.9. The van der Waals surface area contributed by atoms with Crippen LogP contribution in [0.5, 0.6) is 0 Å². The second kappa shape index (κ2) is 6.06. The number of hydrogen-bond donors (Lipinski definition) is 2. The van der Waals surface area contributed by atoms with Crippen LogP contribution in [0, 0.1) is 0 Å². The Balaban J connectivity index is 2.62. The fourth-order valence-corrected chi connectivity index (χ4v) is 3.22. The lowest BCUT2D eigenvalue weighted by molar-refractivity contribution is 0.270. The van der Waals surface area contributed by atoms with Gasteiger partial charge in [0.2, 0.25) is 0 Å².